The first kappa shape index (κ1) is 20.4. The second-order valence-corrected chi connectivity index (χ2v) is 8.03. The number of aryl methyl sites for hydroxylation is 1. The normalized spacial score (nSPS) is 10.7. The van der Waals surface area contributed by atoms with Crippen LogP contribution in [0.5, 0.6) is 11.5 Å². The second kappa shape index (κ2) is 9.72. The number of hydrogen-bond donors (Lipinski definition) is 1. The zero-order valence-electron chi connectivity index (χ0n) is 16.2. The average Bonchev–Trinajstić information content (AvgIpc) is 3.09. The first-order chi connectivity index (χ1) is 13.6. The number of rotatable bonds is 9. The van der Waals surface area contributed by atoms with E-state index < -0.39 is 0 Å². The number of nitrogens with zero attached hydrogens (tertiary/aromatic N) is 3. The maximum absolute atomic E-state index is 5.43. The van der Waals surface area contributed by atoms with E-state index in [1.54, 1.807) is 50.6 Å². The molecule has 1 aromatic carbocycles. The van der Waals surface area contributed by atoms with Crippen LogP contribution in [0.25, 0.3) is 10.6 Å². The van der Waals surface area contributed by atoms with E-state index in [1.165, 1.54) is 0 Å². The van der Waals surface area contributed by atoms with Crippen LogP contribution < -0.4 is 14.8 Å². The van der Waals surface area contributed by atoms with Gasteiger partial charge in [0.25, 0.3) is 0 Å². The number of benzene rings is 1. The highest BCUT2D eigenvalue weighted by molar-refractivity contribution is 8.01. The molecule has 148 valence electrons. The minimum absolute atomic E-state index is 0.488. The summed E-state index contributed by atoms with van der Waals surface area (Å²) in [4.78, 5) is 14.6. The maximum atomic E-state index is 5.43. The fourth-order valence-corrected chi connectivity index (χ4v) is 4.58. The number of nitrogens with one attached hydrogen (secondary N) is 1. The standard InChI is InChI=1S/C19H22N4O3S2/c1-12-17(28-19(21-12)27-10-9-24-2)15-7-8-20-18(23-15)22-14-6-5-13(25-3)11-16(14)26-4/h5-8,11H,9-10H2,1-4H3,(H,20,22,23). The van der Waals surface area contributed by atoms with Gasteiger partial charge in [0.15, 0.2) is 4.34 Å². The monoisotopic (exact) mass is 418 g/mol. The smallest absolute Gasteiger partial charge is 0.227 e. The van der Waals surface area contributed by atoms with Gasteiger partial charge in [0.05, 0.1) is 42.8 Å². The Hall–Kier alpha value is -2.36. The van der Waals surface area contributed by atoms with Crippen molar-refractivity contribution in [1.29, 1.82) is 0 Å². The van der Waals surface area contributed by atoms with Gasteiger partial charge in [-0.3, -0.25) is 0 Å². The van der Waals surface area contributed by atoms with Gasteiger partial charge in [-0.15, -0.1) is 11.3 Å². The van der Waals surface area contributed by atoms with Crippen LogP contribution in [0.15, 0.2) is 34.8 Å². The molecule has 1 N–H and O–H groups in total. The van der Waals surface area contributed by atoms with Gasteiger partial charge in [-0.05, 0) is 25.1 Å². The van der Waals surface area contributed by atoms with Crippen molar-refractivity contribution in [2.75, 3.05) is 39.0 Å². The third-order valence-corrected chi connectivity index (χ3v) is 6.12. The van der Waals surface area contributed by atoms with E-state index in [-0.39, 0.29) is 0 Å². The van der Waals surface area contributed by atoms with E-state index in [0.29, 0.717) is 18.3 Å². The average molecular weight is 419 g/mol. The number of thioether (sulfide) groups is 1. The topological polar surface area (TPSA) is 78.4 Å². The Morgan fingerprint density at radius 1 is 1.11 bits per heavy atom. The largest absolute Gasteiger partial charge is 0.497 e. The number of anilines is 2. The molecule has 0 aliphatic rings. The molecule has 2 heterocycles. The van der Waals surface area contributed by atoms with E-state index in [2.05, 4.69) is 20.3 Å². The fraction of sp³-hybridized carbons (Fsp3) is 0.316. The maximum Gasteiger partial charge on any atom is 0.227 e. The number of aromatic nitrogens is 3. The molecule has 2 aromatic heterocycles. The number of thiazole rings is 1. The quantitative estimate of drug-likeness (QED) is 0.404. The molecule has 0 aliphatic heterocycles. The molecule has 7 nitrogen and oxygen atoms in total. The lowest BCUT2D eigenvalue weighted by atomic mass is 10.2. The summed E-state index contributed by atoms with van der Waals surface area (Å²) in [7, 11) is 4.93. The van der Waals surface area contributed by atoms with Crippen LogP contribution >= 0.6 is 23.1 Å². The lowest BCUT2D eigenvalue weighted by Crippen LogP contribution is -2.00. The molecule has 3 aromatic rings. The van der Waals surface area contributed by atoms with Crippen molar-refractivity contribution in [1.82, 2.24) is 15.0 Å². The second-order valence-electron chi connectivity index (χ2n) is 5.69. The molecule has 0 bridgehead atoms. The predicted molar refractivity (Wildman–Crippen MR) is 113 cm³/mol. The van der Waals surface area contributed by atoms with E-state index in [9.17, 15) is 0 Å². The molecule has 0 saturated carbocycles. The Morgan fingerprint density at radius 2 is 1.96 bits per heavy atom. The van der Waals surface area contributed by atoms with Gasteiger partial charge in [-0.25, -0.2) is 15.0 Å². The molecule has 0 fully saturated rings. The zero-order chi connectivity index (χ0) is 19.9. The molecule has 0 amide bonds. The van der Waals surface area contributed by atoms with Crippen LogP contribution in [-0.2, 0) is 4.74 Å². The summed E-state index contributed by atoms with van der Waals surface area (Å²) in [5, 5.41) is 3.21. The van der Waals surface area contributed by atoms with Gasteiger partial charge < -0.3 is 19.5 Å². The van der Waals surface area contributed by atoms with Crippen molar-refractivity contribution < 1.29 is 14.2 Å². The molecule has 0 atom stereocenters. The lowest BCUT2D eigenvalue weighted by Gasteiger charge is -2.11. The van der Waals surface area contributed by atoms with Gasteiger partial charge >= 0.3 is 0 Å². The van der Waals surface area contributed by atoms with Crippen LogP contribution in [0.4, 0.5) is 11.6 Å². The lowest BCUT2D eigenvalue weighted by molar-refractivity contribution is 0.218. The van der Waals surface area contributed by atoms with E-state index in [0.717, 1.165) is 37.8 Å². The van der Waals surface area contributed by atoms with Crippen molar-refractivity contribution >= 4 is 34.7 Å². The minimum atomic E-state index is 0.488. The van der Waals surface area contributed by atoms with Crippen LogP contribution in [0.1, 0.15) is 5.69 Å². The molecular formula is C19H22N4O3S2. The van der Waals surface area contributed by atoms with Gasteiger partial charge in [-0.1, -0.05) is 11.8 Å². The van der Waals surface area contributed by atoms with Crippen LogP contribution in [-0.4, -0.2) is 48.6 Å². The molecule has 0 spiro atoms. The number of hydrogen-bond acceptors (Lipinski definition) is 9. The van der Waals surface area contributed by atoms with Gasteiger partial charge in [-0.2, -0.15) is 0 Å². The summed E-state index contributed by atoms with van der Waals surface area (Å²) in [5.41, 5.74) is 2.55. The van der Waals surface area contributed by atoms with Crippen LogP contribution in [0.3, 0.4) is 0 Å². The molecule has 0 aliphatic carbocycles. The number of ether oxygens (including phenoxy) is 3. The fourth-order valence-electron chi connectivity index (χ4n) is 2.45. The van der Waals surface area contributed by atoms with Crippen LogP contribution in [0, 0.1) is 6.92 Å². The van der Waals surface area contributed by atoms with Crippen LogP contribution in [0.2, 0.25) is 0 Å². The highest BCUT2D eigenvalue weighted by atomic mass is 32.2. The molecule has 0 saturated heterocycles. The summed E-state index contributed by atoms with van der Waals surface area (Å²) < 4.78 is 16.8. The molecule has 9 heteroatoms. The van der Waals surface area contributed by atoms with Gasteiger partial charge in [0, 0.05) is 25.1 Å². The summed E-state index contributed by atoms with van der Waals surface area (Å²) in [6.07, 6.45) is 1.73. The van der Waals surface area contributed by atoms with Crippen molar-refractivity contribution in [2.45, 2.75) is 11.3 Å². The minimum Gasteiger partial charge on any atom is -0.497 e. The third-order valence-electron chi connectivity index (χ3n) is 3.83. The zero-order valence-corrected chi connectivity index (χ0v) is 17.8. The Kier molecular flexibility index (Phi) is 7.07. The molecule has 0 radical (unpaired) electrons. The molecular weight excluding hydrogens is 396 g/mol. The third kappa shape index (κ3) is 4.92. The van der Waals surface area contributed by atoms with E-state index >= 15 is 0 Å². The number of methoxy groups -OCH3 is 3. The highest BCUT2D eigenvalue weighted by Crippen LogP contribution is 2.35. The Labute approximate surface area is 172 Å². The van der Waals surface area contributed by atoms with Gasteiger partial charge in [0.2, 0.25) is 5.95 Å². The first-order valence-corrected chi connectivity index (χ1v) is 10.4. The summed E-state index contributed by atoms with van der Waals surface area (Å²) in [5.74, 6) is 2.73. The summed E-state index contributed by atoms with van der Waals surface area (Å²) >= 11 is 3.31. The molecule has 28 heavy (non-hydrogen) atoms. The first-order valence-electron chi connectivity index (χ1n) is 8.56. The summed E-state index contributed by atoms with van der Waals surface area (Å²) in [6.45, 7) is 2.69. The molecule has 3 rings (SSSR count). The highest BCUT2D eigenvalue weighted by Gasteiger charge is 2.13. The van der Waals surface area contributed by atoms with Gasteiger partial charge in [0.1, 0.15) is 11.5 Å². The van der Waals surface area contributed by atoms with Crippen molar-refractivity contribution in [3.8, 4) is 22.1 Å². The SMILES string of the molecule is COCCSc1nc(C)c(-c2ccnc(Nc3ccc(OC)cc3OC)n2)s1. The van der Waals surface area contributed by atoms with E-state index in [4.69, 9.17) is 14.2 Å². The predicted octanol–water partition coefficient (Wildman–Crippen LogP) is 4.41. The van der Waals surface area contributed by atoms with E-state index in [1.807, 2.05) is 31.2 Å². The summed E-state index contributed by atoms with van der Waals surface area (Å²) in [6, 6.07) is 7.42. The Balaban J connectivity index is 1.81. The van der Waals surface area contributed by atoms with Crippen molar-refractivity contribution in [2.24, 2.45) is 0 Å². The Morgan fingerprint density at radius 3 is 2.71 bits per heavy atom. The molecule has 0 unspecified atom stereocenters. The van der Waals surface area contributed by atoms with Crippen molar-refractivity contribution in [3.05, 3.63) is 36.2 Å². The van der Waals surface area contributed by atoms with Crippen molar-refractivity contribution in [3.63, 3.8) is 0 Å². The Bertz CT molecular complexity index is 933.